The second-order valence-corrected chi connectivity index (χ2v) is 7.95. The molecule has 1 saturated heterocycles. The van der Waals surface area contributed by atoms with Crippen LogP contribution in [0.5, 0.6) is 11.5 Å². The van der Waals surface area contributed by atoms with Gasteiger partial charge in [0.15, 0.2) is 0 Å². The molecule has 4 rings (SSSR count). The van der Waals surface area contributed by atoms with Crippen LogP contribution in [0.25, 0.3) is 5.76 Å². The maximum absolute atomic E-state index is 13.3. The molecule has 3 aromatic carbocycles. The zero-order valence-electron chi connectivity index (χ0n) is 19.6. The SMILES string of the molecule is CCOc1ccc(/C(O)=C2/C(=O)C(=O)N(c3ccc(C#N)cc3)C2c2cccc(OC(C)=O)c2)cc1. The number of amides is 1. The molecule has 3 aromatic rings. The van der Waals surface area contributed by atoms with Crippen molar-refractivity contribution in [2.24, 2.45) is 0 Å². The molecular weight excluding hydrogens is 460 g/mol. The molecule has 1 N–H and O–H groups in total. The number of aliphatic hydroxyl groups excluding tert-OH is 1. The molecule has 1 atom stereocenters. The molecular formula is C28H22N2O6. The van der Waals surface area contributed by atoms with Gasteiger partial charge in [-0.1, -0.05) is 12.1 Å². The standard InChI is InChI=1S/C28H22N2O6/c1-3-35-22-13-9-19(10-14-22)26(32)24-25(20-5-4-6-23(15-20)36-17(2)31)30(28(34)27(24)33)21-11-7-18(16-29)8-12-21/h4-15,25,32H,3H2,1-2H3/b26-24-. The fourth-order valence-corrected chi connectivity index (χ4v) is 4.06. The van der Waals surface area contributed by atoms with Crippen molar-refractivity contribution in [3.05, 3.63) is 95.1 Å². The summed E-state index contributed by atoms with van der Waals surface area (Å²) in [6, 6.07) is 20.1. The summed E-state index contributed by atoms with van der Waals surface area (Å²) in [6.45, 7) is 3.59. The number of hydrogen-bond donors (Lipinski definition) is 1. The number of carbonyl (C=O) groups is 3. The van der Waals surface area contributed by atoms with Crippen LogP contribution >= 0.6 is 0 Å². The van der Waals surface area contributed by atoms with Gasteiger partial charge >= 0.3 is 5.97 Å². The number of nitrogens with zero attached hydrogens (tertiary/aromatic N) is 2. The smallest absolute Gasteiger partial charge is 0.308 e. The van der Waals surface area contributed by atoms with Crippen LogP contribution in [-0.4, -0.2) is 29.4 Å². The minimum atomic E-state index is -1.01. The van der Waals surface area contributed by atoms with E-state index in [1.807, 2.05) is 13.0 Å². The zero-order valence-corrected chi connectivity index (χ0v) is 19.6. The van der Waals surface area contributed by atoms with Gasteiger partial charge in [0.2, 0.25) is 0 Å². The maximum Gasteiger partial charge on any atom is 0.308 e. The highest BCUT2D eigenvalue weighted by molar-refractivity contribution is 6.51. The third-order valence-electron chi connectivity index (χ3n) is 5.59. The van der Waals surface area contributed by atoms with Crippen LogP contribution in [0, 0.1) is 11.3 Å². The van der Waals surface area contributed by atoms with E-state index in [2.05, 4.69) is 0 Å². The summed E-state index contributed by atoms with van der Waals surface area (Å²) >= 11 is 0. The Labute approximate surface area is 207 Å². The lowest BCUT2D eigenvalue weighted by atomic mass is 9.95. The van der Waals surface area contributed by atoms with Crippen molar-refractivity contribution in [1.29, 1.82) is 5.26 Å². The second-order valence-electron chi connectivity index (χ2n) is 7.95. The largest absolute Gasteiger partial charge is 0.507 e. The predicted octanol–water partition coefficient (Wildman–Crippen LogP) is 4.51. The molecule has 1 amide bonds. The van der Waals surface area contributed by atoms with Gasteiger partial charge in [0.05, 0.1) is 29.9 Å². The van der Waals surface area contributed by atoms with E-state index in [4.69, 9.17) is 14.7 Å². The Morgan fingerprint density at radius 1 is 1.03 bits per heavy atom. The average molecular weight is 482 g/mol. The molecule has 1 unspecified atom stereocenters. The average Bonchev–Trinajstić information content (AvgIpc) is 3.14. The Bertz CT molecular complexity index is 1400. The number of Topliss-reactive ketones (excluding diaryl/α,β-unsaturated/α-hetero) is 1. The Morgan fingerprint density at radius 3 is 2.33 bits per heavy atom. The number of rotatable bonds is 6. The Morgan fingerprint density at radius 2 is 1.72 bits per heavy atom. The first-order chi connectivity index (χ1) is 17.3. The molecule has 0 saturated carbocycles. The van der Waals surface area contributed by atoms with Crippen LogP contribution in [0.2, 0.25) is 0 Å². The van der Waals surface area contributed by atoms with Crippen LogP contribution in [0.3, 0.4) is 0 Å². The molecule has 8 heteroatoms. The first kappa shape index (κ1) is 24.2. The van der Waals surface area contributed by atoms with Gasteiger partial charge in [0.1, 0.15) is 17.3 Å². The van der Waals surface area contributed by atoms with Crippen LogP contribution in [0.1, 0.15) is 36.6 Å². The Balaban J connectivity index is 1.89. The molecule has 1 aliphatic heterocycles. The van der Waals surface area contributed by atoms with Gasteiger partial charge in [-0.05, 0) is 73.2 Å². The van der Waals surface area contributed by atoms with E-state index in [1.165, 1.54) is 24.0 Å². The number of anilines is 1. The summed E-state index contributed by atoms with van der Waals surface area (Å²) in [5, 5.41) is 20.4. The van der Waals surface area contributed by atoms with Crippen LogP contribution < -0.4 is 14.4 Å². The van der Waals surface area contributed by atoms with Gasteiger partial charge in [-0.2, -0.15) is 5.26 Å². The maximum atomic E-state index is 13.3. The molecule has 180 valence electrons. The summed E-state index contributed by atoms with van der Waals surface area (Å²) in [5.74, 6) is -1.76. The molecule has 36 heavy (non-hydrogen) atoms. The van der Waals surface area contributed by atoms with E-state index in [9.17, 15) is 19.5 Å². The van der Waals surface area contributed by atoms with Crippen LogP contribution in [0.4, 0.5) is 5.69 Å². The first-order valence-corrected chi connectivity index (χ1v) is 11.2. The molecule has 1 fully saturated rings. The third-order valence-corrected chi connectivity index (χ3v) is 5.59. The van der Waals surface area contributed by atoms with Gasteiger partial charge < -0.3 is 14.6 Å². The molecule has 1 heterocycles. The summed E-state index contributed by atoms with van der Waals surface area (Å²) in [5.41, 5.74) is 1.42. The number of esters is 1. The minimum Gasteiger partial charge on any atom is -0.507 e. The number of benzene rings is 3. The van der Waals surface area contributed by atoms with Crippen molar-refractivity contribution in [1.82, 2.24) is 0 Å². The molecule has 0 bridgehead atoms. The quantitative estimate of drug-likeness (QED) is 0.181. The molecule has 0 spiro atoms. The summed E-state index contributed by atoms with van der Waals surface area (Å²) < 4.78 is 10.6. The van der Waals surface area contributed by atoms with Gasteiger partial charge in [-0.25, -0.2) is 0 Å². The summed E-state index contributed by atoms with van der Waals surface area (Å²) in [4.78, 5) is 39.3. The monoisotopic (exact) mass is 482 g/mol. The van der Waals surface area contributed by atoms with E-state index in [0.29, 0.717) is 34.7 Å². The van der Waals surface area contributed by atoms with Gasteiger partial charge in [-0.3, -0.25) is 19.3 Å². The fourth-order valence-electron chi connectivity index (χ4n) is 4.06. The first-order valence-electron chi connectivity index (χ1n) is 11.2. The highest BCUT2D eigenvalue weighted by Crippen LogP contribution is 2.43. The highest BCUT2D eigenvalue weighted by Gasteiger charge is 2.47. The molecule has 8 nitrogen and oxygen atoms in total. The van der Waals surface area contributed by atoms with Crippen molar-refractivity contribution in [3.8, 4) is 17.6 Å². The van der Waals surface area contributed by atoms with E-state index >= 15 is 0 Å². The van der Waals surface area contributed by atoms with E-state index < -0.39 is 23.7 Å². The number of carbonyl (C=O) groups excluding carboxylic acids is 3. The second kappa shape index (κ2) is 10.2. The normalized spacial score (nSPS) is 16.5. The van der Waals surface area contributed by atoms with E-state index in [-0.39, 0.29) is 17.1 Å². The number of aliphatic hydroxyl groups is 1. The lowest BCUT2D eigenvalue weighted by Gasteiger charge is -2.25. The topological polar surface area (TPSA) is 117 Å². The van der Waals surface area contributed by atoms with E-state index in [1.54, 1.807) is 60.7 Å². The number of ketones is 1. The third kappa shape index (κ3) is 4.68. The van der Waals surface area contributed by atoms with Crippen molar-refractivity contribution in [3.63, 3.8) is 0 Å². The van der Waals surface area contributed by atoms with Gasteiger partial charge in [0.25, 0.3) is 11.7 Å². The minimum absolute atomic E-state index is 0.117. The molecule has 0 aromatic heterocycles. The molecule has 0 radical (unpaired) electrons. The Kier molecular flexibility index (Phi) is 6.84. The summed E-state index contributed by atoms with van der Waals surface area (Å²) in [6.07, 6.45) is 0. The predicted molar refractivity (Wildman–Crippen MR) is 131 cm³/mol. The number of ether oxygens (including phenoxy) is 2. The fraction of sp³-hybridized carbons (Fsp3) is 0.143. The van der Waals surface area contributed by atoms with Crippen molar-refractivity contribution < 1.29 is 29.0 Å². The van der Waals surface area contributed by atoms with Gasteiger partial charge in [0, 0.05) is 18.2 Å². The Hall–Kier alpha value is -4.90. The van der Waals surface area contributed by atoms with Crippen LogP contribution in [-0.2, 0) is 14.4 Å². The highest BCUT2D eigenvalue weighted by atomic mass is 16.5. The number of nitriles is 1. The lowest BCUT2D eigenvalue weighted by Crippen LogP contribution is -2.29. The van der Waals surface area contributed by atoms with Crippen molar-refractivity contribution in [2.45, 2.75) is 19.9 Å². The lowest BCUT2D eigenvalue weighted by molar-refractivity contribution is -0.132. The van der Waals surface area contributed by atoms with Crippen molar-refractivity contribution >= 4 is 29.1 Å². The molecule has 1 aliphatic rings. The number of hydrogen-bond acceptors (Lipinski definition) is 7. The van der Waals surface area contributed by atoms with Crippen molar-refractivity contribution in [2.75, 3.05) is 11.5 Å². The summed E-state index contributed by atoms with van der Waals surface area (Å²) in [7, 11) is 0. The van der Waals surface area contributed by atoms with Crippen LogP contribution in [0.15, 0.2) is 78.4 Å². The van der Waals surface area contributed by atoms with E-state index in [0.717, 1.165) is 0 Å². The van der Waals surface area contributed by atoms with Gasteiger partial charge in [-0.15, -0.1) is 0 Å². The molecule has 0 aliphatic carbocycles. The zero-order chi connectivity index (χ0) is 25.8.